The van der Waals surface area contributed by atoms with Crippen LogP contribution in [0.5, 0.6) is 0 Å². The van der Waals surface area contributed by atoms with Crippen LogP contribution in [-0.2, 0) is 9.53 Å². The number of nitrogens with zero attached hydrogens (tertiary/aromatic N) is 2. The van der Waals surface area contributed by atoms with Crippen LogP contribution in [0, 0.1) is 11.3 Å². The highest BCUT2D eigenvalue weighted by molar-refractivity contribution is 5.94. The van der Waals surface area contributed by atoms with Crippen molar-refractivity contribution in [3.05, 3.63) is 35.4 Å². The molecule has 0 radical (unpaired) electrons. The number of rotatable bonds is 9. The van der Waals surface area contributed by atoms with Crippen LogP contribution in [0.1, 0.15) is 35.2 Å². The SMILES string of the molecule is COCCCN(CCCC(=O)O)C(=O)c1ccc(C#N)cc1. The fourth-order valence-corrected chi connectivity index (χ4v) is 2.01. The summed E-state index contributed by atoms with van der Waals surface area (Å²) in [6, 6.07) is 8.42. The second-order valence-corrected chi connectivity index (χ2v) is 4.82. The molecule has 0 saturated carbocycles. The van der Waals surface area contributed by atoms with Crippen LogP contribution in [-0.4, -0.2) is 48.7 Å². The molecule has 1 aromatic rings. The van der Waals surface area contributed by atoms with Gasteiger partial charge in [-0.15, -0.1) is 0 Å². The summed E-state index contributed by atoms with van der Waals surface area (Å²) in [6.45, 7) is 1.43. The van der Waals surface area contributed by atoms with Gasteiger partial charge in [-0.1, -0.05) is 0 Å². The fraction of sp³-hybridized carbons (Fsp3) is 0.438. The smallest absolute Gasteiger partial charge is 0.303 e. The summed E-state index contributed by atoms with van der Waals surface area (Å²) in [5.74, 6) is -1.03. The van der Waals surface area contributed by atoms with Gasteiger partial charge in [-0.2, -0.15) is 5.26 Å². The Bertz CT molecular complexity index is 534. The summed E-state index contributed by atoms with van der Waals surface area (Å²) in [6.07, 6.45) is 1.12. The first-order valence-electron chi connectivity index (χ1n) is 7.08. The molecule has 0 aliphatic heterocycles. The Morgan fingerprint density at radius 1 is 1.23 bits per heavy atom. The van der Waals surface area contributed by atoms with Crippen LogP contribution >= 0.6 is 0 Å². The highest BCUT2D eigenvalue weighted by Gasteiger charge is 2.15. The molecule has 0 unspecified atom stereocenters. The van der Waals surface area contributed by atoms with Gasteiger partial charge in [-0.3, -0.25) is 9.59 Å². The van der Waals surface area contributed by atoms with E-state index in [1.165, 1.54) is 0 Å². The Kier molecular flexibility index (Phi) is 7.65. The fourth-order valence-electron chi connectivity index (χ4n) is 2.01. The van der Waals surface area contributed by atoms with Gasteiger partial charge in [0.1, 0.15) is 0 Å². The minimum absolute atomic E-state index is 0.0292. The normalized spacial score (nSPS) is 10.0. The van der Waals surface area contributed by atoms with Gasteiger partial charge in [0.05, 0.1) is 11.6 Å². The maximum absolute atomic E-state index is 12.5. The molecule has 1 amide bonds. The summed E-state index contributed by atoms with van der Waals surface area (Å²) in [5.41, 5.74) is 0.986. The Balaban J connectivity index is 2.71. The number of nitriles is 1. The average Bonchev–Trinajstić information content (AvgIpc) is 2.52. The first-order valence-corrected chi connectivity index (χ1v) is 7.08. The number of methoxy groups -OCH3 is 1. The standard InChI is InChI=1S/C16H20N2O4/c1-22-11-3-10-18(9-2-4-15(19)20)16(21)14-7-5-13(12-17)6-8-14/h5-8H,2-4,9-11H2,1H3,(H,19,20). The highest BCUT2D eigenvalue weighted by Crippen LogP contribution is 2.09. The number of hydrogen-bond donors (Lipinski definition) is 1. The van der Waals surface area contributed by atoms with Crippen molar-refractivity contribution in [1.82, 2.24) is 4.90 Å². The summed E-state index contributed by atoms with van der Waals surface area (Å²) < 4.78 is 4.98. The summed E-state index contributed by atoms with van der Waals surface area (Å²) in [4.78, 5) is 24.7. The first-order chi connectivity index (χ1) is 10.6. The van der Waals surface area contributed by atoms with Gasteiger partial charge in [0.25, 0.3) is 5.91 Å². The van der Waals surface area contributed by atoms with Crippen LogP contribution in [0.15, 0.2) is 24.3 Å². The van der Waals surface area contributed by atoms with E-state index in [1.54, 1.807) is 36.3 Å². The molecule has 0 saturated heterocycles. The quantitative estimate of drug-likeness (QED) is 0.704. The lowest BCUT2D eigenvalue weighted by atomic mass is 10.1. The van der Waals surface area contributed by atoms with Gasteiger partial charge in [0.2, 0.25) is 0 Å². The van der Waals surface area contributed by atoms with Gasteiger partial charge < -0.3 is 14.7 Å². The number of carbonyl (C=O) groups is 2. The van der Waals surface area contributed by atoms with Crippen LogP contribution in [0.4, 0.5) is 0 Å². The predicted molar refractivity (Wildman–Crippen MR) is 80.4 cm³/mol. The molecule has 0 spiro atoms. The van der Waals surface area contributed by atoms with E-state index in [2.05, 4.69) is 0 Å². The van der Waals surface area contributed by atoms with Crippen molar-refractivity contribution < 1.29 is 19.4 Å². The van der Waals surface area contributed by atoms with Crippen molar-refractivity contribution in [2.45, 2.75) is 19.3 Å². The lowest BCUT2D eigenvalue weighted by Gasteiger charge is -2.22. The third kappa shape index (κ3) is 5.94. The third-order valence-electron chi connectivity index (χ3n) is 3.14. The molecule has 1 rings (SSSR count). The topological polar surface area (TPSA) is 90.6 Å². The molecule has 0 aromatic heterocycles. The van der Waals surface area contributed by atoms with E-state index in [0.29, 0.717) is 43.7 Å². The lowest BCUT2D eigenvalue weighted by Crippen LogP contribution is -2.33. The van der Waals surface area contributed by atoms with Gasteiger partial charge in [-0.25, -0.2) is 0 Å². The minimum atomic E-state index is -0.873. The van der Waals surface area contributed by atoms with Crippen LogP contribution in [0.3, 0.4) is 0 Å². The van der Waals surface area contributed by atoms with Crippen LogP contribution in [0.25, 0.3) is 0 Å². The molecule has 6 nitrogen and oxygen atoms in total. The molecule has 22 heavy (non-hydrogen) atoms. The Hall–Kier alpha value is -2.39. The van der Waals surface area contributed by atoms with E-state index in [0.717, 1.165) is 0 Å². The molecule has 1 aromatic carbocycles. The molecular weight excluding hydrogens is 284 g/mol. The molecule has 1 N–H and O–H groups in total. The largest absolute Gasteiger partial charge is 0.481 e. The number of carbonyl (C=O) groups excluding carboxylic acids is 1. The molecule has 0 heterocycles. The van der Waals surface area contributed by atoms with E-state index in [-0.39, 0.29) is 12.3 Å². The molecule has 0 fully saturated rings. The second-order valence-electron chi connectivity index (χ2n) is 4.82. The zero-order valence-electron chi connectivity index (χ0n) is 12.6. The van der Waals surface area contributed by atoms with Gasteiger partial charge >= 0.3 is 5.97 Å². The maximum Gasteiger partial charge on any atom is 0.303 e. The lowest BCUT2D eigenvalue weighted by molar-refractivity contribution is -0.137. The zero-order chi connectivity index (χ0) is 16.4. The number of benzene rings is 1. The number of hydrogen-bond acceptors (Lipinski definition) is 4. The monoisotopic (exact) mass is 304 g/mol. The first kappa shape index (κ1) is 17.7. The Morgan fingerprint density at radius 3 is 2.41 bits per heavy atom. The van der Waals surface area contributed by atoms with E-state index in [4.69, 9.17) is 15.1 Å². The molecule has 6 heteroatoms. The Labute approximate surface area is 129 Å². The molecule has 0 aliphatic rings. The van der Waals surface area contributed by atoms with Crippen molar-refractivity contribution in [2.24, 2.45) is 0 Å². The average molecular weight is 304 g/mol. The number of carboxylic acids is 1. The highest BCUT2D eigenvalue weighted by atomic mass is 16.5. The van der Waals surface area contributed by atoms with E-state index in [9.17, 15) is 9.59 Å². The van der Waals surface area contributed by atoms with Gasteiger partial charge in [0, 0.05) is 38.8 Å². The second kappa shape index (κ2) is 9.53. The zero-order valence-corrected chi connectivity index (χ0v) is 12.6. The number of ether oxygens (including phenoxy) is 1. The number of carboxylic acid groups (broad SMARTS) is 1. The van der Waals surface area contributed by atoms with Crippen molar-refractivity contribution in [2.75, 3.05) is 26.8 Å². The summed E-state index contributed by atoms with van der Waals surface area (Å²) in [7, 11) is 1.59. The predicted octanol–water partition coefficient (Wildman–Crippen LogP) is 1.90. The summed E-state index contributed by atoms with van der Waals surface area (Å²) in [5, 5.41) is 17.5. The molecule has 0 bridgehead atoms. The molecule has 0 atom stereocenters. The summed E-state index contributed by atoms with van der Waals surface area (Å²) >= 11 is 0. The van der Waals surface area contributed by atoms with Crippen molar-refractivity contribution in [3.8, 4) is 6.07 Å². The molecular formula is C16H20N2O4. The van der Waals surface area contributed by atoms with Crippen molar-refractivity contribution >= 4 is 11.9 Å². The third-order valence-corrected chi connectivity index (χ3v) is 3.14. The van der Waals surface area contributed by atoms with E-state index >= 15 is 0 Å². The van der Waals surface area contributed by atoms with Crippen LogP contribution in [0.2, 0.25) is 0 Å². The number of amides is 1. The van der Waals surface area contributed by atoms with Gasteiger partial charge in [-0.05, 0) is 37.1 Å². The van der Waals surface area contributed by atoms with E-state index < -0.39 is 5.97 Å². The molecule has 0 aliphatic carbocycles. The van der Waals surface area contributed by atoms with Gasteiger partial charge in [0.15, 0.2) is 0 Å². The van der Waals surface area contributed by atoms with Crippen molar-refractivity contribution in [3.63, 3.8) is 0 Å². The van der Waals surface area contributed by atoms with E-state index in [1.807, 2.05) is 6.07 Å². The maximum atomic E-state index is 12.5. The minimum Gasteiger partial charge on any atom is -0.481 e. The van der Waals surface area contributed by atoms with Crippen LogP contribution < -0.4 is 0 Å². The number of aliphatic carboxylic acids is 1. The Morgan fingerprint density at radius 2 is 1.86 bits per heavy atom. The van der Waals surface area contributed by atoms with Crippen molar-refractivity contribution in [1.29, 1.82) is 5.26 Å². The molecule has 118 valence electrons.